The van der Waals surface area contributed by atoms with Crippen LogP contribution in [0.5, 0.6) is 0 Å². The maximum Gasteiger partial charge on any atom is 0.281 e. The van der Waals surface area contributed by atoms with Crippen LogP contribution in [0.2, 0.25) is 0 Å². The Labute approximate surface area is 48.5 Å². The molecule has 1 aromatic heterocycles. The highest BCUT2D eigenvalue weighted by Crippen LogP contribution is 2.04. The first kappa shape index (κ1) is 5.22. The van der Waals surface area contributed by atoms with Crippen molar-refractivity contribution in [3.05, 3.63) is 12.0 Å². The Morgan fingerprint density at radius 1 is 1.88 bits per heavy atom. The van der Waals surface area contributed by atoms with Gasteiger partial charge in [0.05, 0.1) is 6.20 Å². The van der Waals surface area contributed by atoms with Crippen molar-refractivity contribution in [2.45, 2.75) is 6.92 Å². The Bertz CT molecular complexity index is 174. The summed E-state index contributed by atoms with van der Waals surface area (Å²) >= 11 is 0. The molecule has 40 valence electrons. The van der Waals surface area contributed by atoms with Gasteiger partial charge in [0.2, 0.25) is 7.98 Å². The highest BCUT2D eigenvalue weighted by atomic mass is 16.4. The molecule has 0 aliphatic heterocycles. The van der Waals surface area contributed by atoms with Crippen LogP contribution in [0.3, 0.4) is 0 Å². The Morgan fingerprint density at radius 2 is 2.62 bits per heavy atom. The number of oxazole rings is 1. The van der Waals surface area contributed by atoms with Crippen molar-refractivity contribution in [2.75, 3.05) is 5.23 Å². The average Bonchev–Trinajstić information content (AvgIpc) is 2.14. The van der Waals surface area contributed by atoms with Crippen LogP contribution in [0.1, 0.15) is 5.76 Å². The summed E-state index contributed by atoms with van der Waals surface area (Å²) in [7, 11) is 4.96. The molecule has 0 atom stereocenters. The monoisotopic (exact) mass is 108 g/mol. The normalized spacial score (nSPS) is 9.12. The summed E-state index contributed by atoms with van der Waals surface area (Å²) in [5.74, 6) is 0.748. The van der Waals surface area contributed by atoms with Crippen LogP contribution in [0.15, 0.2) is 10.6 Å². The third-order valence-corrected chi connectivity index (χ3v) is 0.745. The number of rotatable bonds is 1. The van der Waals surface area contributed by atoms with Gasteiger partial charge in [0.15, 0.2) is 0 Å². The van der Waals surface area contributed by atoms with Crippen molar-refractivity contribution >= 4 is 14.0 Å². The van der Waals surface area contributed by atoms with Gasteiger partial charge in [-0.3, -0.25) is 0 Å². The van der Waals surface area contributed by atoms with Crippen molar-refractivity contribution in [3.8, 4) is 0 Å². The van der Waals surface area contributed by atoms with Crippen LogP contribution in [-0.2, 0) is 0 Å². The second-order valence-corrected chi connectivity index (χ2v) is 1.42. The molecule has 1 heterocycles. The van der Waals surface area contributed by atoms with E-state index in [1.165, 1.54) is 0 Å². The fourth-order valence-corrected chi connectivity index (χ4v) is 0.421. The van der Waals surface area contributed by atoms with Crippen LogP contribution in [-0.4, -0.2) is 13.0 Å². The predicted molar refractivity (Wildman–Crippen MR) is 30.6 cm³/mol. The van der Waals surface area contributed by atoms with Gasteiger partial charge in [-0.25, -0.2) is 4.98 Å². The lowest BCUT2D eigenvalue weighted by molar-refractivity contribution is 0.548. The van der Waals surface area contributed by atoms with Gasteiger partial charge in [0.1, 0.15) is 5.76 Å². The number of hydrogen-bond acceptors (Lipinski definition) is 3. The number of hydrogen-bond donors (Lipinski definition) is 1. The van der Waals surface area contributed by atoms with E-state index < -0.39 is 0 Å². The first-order chi connectivity index (χ1) is 3.83. The Kier molecular flexibility index (Phi) is 1.24. The molecular formula is C4H5BN2O. The molecule has 8 heavy (non-hydrogen) atoms. The highest BCUT2D eigenvalue weighted by Gasteiger charge is 1.91. The molecule has 0 saturated carbocycles. The molecule has 2 radical (unpaired) electrons. The maximum absolute atomic E-state index is 4.96. The summed E-state index contributed by atoms with van der Waals surface area (Å²) in [4.78, 5) is 3.73. The third-order valence-electron chi connectivity index (χ3n) is 0.745. The molecule has 0 saturated heterocycles. The highest BCUT2D eigenvalue weighted by molar-refractivity contribution is 6.14. The topological polar surface area (TPSA) is 38.1 Å². The van der Waals surface area contributed by atoms with E-state index in [1.54, 1.807) is 13.1 Å². The van der Waals surface area contributed by atoms with Gasteiger partial charge < -0.3 is 9.64 Å². The van der Waals surface area contributed by atoms with Crippen molar-refractivity contribution < 1.29 is 4.42 Å². The van der Waals surface area contributed by atoms with E-state index >= 15 is 0 Å². The van der Waals surface area contributed by atoms with Crippen molar-refractivity contribution in [1.29, 1.82) is 0 Å². The van der Waals surface area contributed by atoms with Gasteiger partial charge in [-0.2, -0.15) is 0 Å². The summed E-state index contributed by atoms with van der Waals surface area (Å²) < 4.78 is 4.89. The third kappa shape index (κ3) is 0.830. The Morgan fingerprint density at radius 3 is 2.88 bits per heavy atom. The van der Waals surface area contributed by atoms with E-state index in [1.807, 2.05) is 0 Å². The van der Waals surface area contributed by atoms with E-state index in [0.717, 1.165) is 5.76 Å². The molecule has 0 aliphatic rings. The first-order valence-electron chi connectivity index (χ1n) is 2.22. The van der Waals surface area contributed by atoms with Crippen LogP contribution in [0, 0.1) is 6.92 Å². The number of nitrogens with zero attached hydrogens (tertiary/aromatic N) is 1. The van der Waals surface area contributed by atoms with Gasteiger partial charge in [0, 0.05) is 0 Å². The maximum atomic E-state index is 4.96. The predicted octanol–water partition coefficient (Wildman–Crippen LogP) is 0.478. The summed E-state index contributed by atoms with van der Waals surface area (Å²) in [5.41, 5.74) is 0. The zero-order valence-corrected chi connectivity index (χ0v) is 4.51. The minimum absolute atomic E-state index is 0.350. The molecule has 1 aromatic rings. The SMILES string of the molecule is [B]Nc1ncc(C)o1. The second kappa shape index (κ2) is 1.90. The van der Waals surface area contributed by atoms with Crippen LogP contribution in [0.25, 0.3) is 0 Å². The number of aryl methyl sites for hydroxylation is 1. The van der Waals surface area contributed by atoms with Gasteiger partial charge in [-0.1, -0.05) is 0 Å². The fourth-order valence-electron chi connectivity index (χ4n) is 0.421. The van der Waals surface area contributed by atoms with E-state index in [0.29, 0.717) is 6.01 Å². The van der Waals surface area contributed by atoms with Crippen LogP contribution in [0.4, 0.5) is 6.01 Å². The molecule has 3 nitrogen and oxygen atoms in total. The molecule has 0 spiro atoms. The lowest BCUT2D eigenvalue weighted by Crippen LogP contribution is -1.88. The van der Waals surface area contributed by atoms with Gasteiger partial charge in [0.25, 0.3) is 6.01 Å². The smallest absolute Gasteiger partial charge is 0.281 e. The van der Waals surface area contributed by atoms with Gasteiger partial charge in [-0.05, 0) is 6.92 Å². The second-order valence-electron chi connectivity index (χ2n) is 1.42. The molecule has 0 unspecified atom stereocenters. The van der Waals surface area contributed by atoms with E-state index in [-0.39, 0.29) is 0 Å². The number of anilines is 1. The zero-order valence-electron chi connectivity index (χ0n) is 4.51. The quantitative estimate of drug-likeness (QED) is 0.531. The zero-order chi connectivity index (χ0) is 5.98. The average molecular weight is 108 g/mol. The molecule has 0 bridgehead atoms. The number of aromatic nitrogens is 1. The van der Waals surface area contributed by atoms with Crippen LogP contribution < -0.4 is 5.23 Å². The molecular weight excluding hydrogens is 103 g/mol. The molecule has 1 rings (SSSR count). The number of nitrogens with one attached hydrogen (secondary N) is 1. The Balaban J connectivity index is 2.84. The molecule has 0 aromatic carbocycles. The fraction of sp³-hybridized carbons (Fsp3) is 0.250. The molecule has 0 aliphatic carbocycles. The van der Waals surface area contributed by atoms with E-state index in [2.05, 4.69) is 10.2 Å². The molecule has 4 heteroatoms. The minimum Gasteiger partial charge on any atom is -0.430 e. The summed E-state index contributed by atoms with van der Waals surface area (Å²) in [6.45, 7) is 1.80. The summed E-state index contributed by atoms with van der Waals surface area (Å²) in [6.07, 6.45) is 1.59. The lowest BCUT2D eigenvalue weighted by atomic mass is 10.4. The largest absolute Gasteiger partial charge is 0.430 e. The van der Waals surface area contributed by atoms with E-state index in [9.17, 15) is 0 Å². The van der Waals surface area contributed by atoms with Crippen molar-refractivity contribution in [3.63, 3.8) is 0 Å². The Hall–Kier alpha value is -0.925. The van der Waals surface area contributed by atoms with Gasteiger partial charge >= 0.3 is 0 Å². The minimum atomic E-state index is 0.350. The summed E-state index contributed by atoms with van der Waals surface area (Å²) in [5, 5.41) is 2.27. The van der Waals surface area contributed by atoms with Gasteiger partial charge in [-0.15, -0.1) is 0 Å². The van der Waals surface area contributed by atoms with E-state index in [4.69, 9.17) is 12.4 Å². The summed E-state index contributed by atoms with van der Waals surface area (Å²) in [6, 6.07) is 0.350. The molecule has 0 amide bonds. The standard InChI is InChI=1S/C4H5BN2O/c1-3-2-6-4(7-5)8-3/h2H,1H3,(H,6,7). The first-order valence-corrected chi connectivity index (χ1v) is 2.22. The lowest BCUT2D eigenvalue weighted by Gasteiger charge is -1.85. The van der Waals surface area contributed by atoms with Crippen molar-refractivity contribution in [2.24, 2.45) is 0 Å². The van der Waals surface area contributed by atoms with Crippen molar-refractivity contribution in [1.82, 2.24) is 4.98 Å². The van der Waals surface area contributed by atoms with Crippen LogP contribution >= 0.6 is 0 Å². The molecule has 0 fully saturated rings. The molecule has 1 N–H and O–H groups in total.